The maximum absolute atomic E-state index is 13.9. The van der Waals surface area contributed by atoms with E-state index in [1.807, 2.05) is 37.3 Å². The molecule has 3 aromatic carbocycles. The number of amides is 1. The Morgan fingerprint density at radius 2 is 1.57 bits per heavy atom. The molecular formula is C32H32N2O6S2. The lowest BCUT2D eigenvalue weighted by Crippen LogP contribution is -2.38. The van der Waals surface area contributed by atoms with Crippen molar-refractivity contribution in [3.63, 3.8) is 0 Å². The maximum atomic E-state index is 13.9. The fourth-order valence-corrected chi connectivity index (χ4v) is 7.54. The summed E-state index contributed by atoms with van der Waals surface area (Å²) in [6.07, 6.45) is 3.53. The number of aryl methyl sites for hydroxylation is 2. The van der Waals surface area contributed by atoms with E-state index in [0.717, 1.165) is 46.0 Å². The molecule has 0 atom stereocenters. The summed E-state index contributed by atoms with van der Waals surface area (Å²) in [6.45, 7) is 3.32. The third kappa shape index (κ3) is 6.50. The van der Waals surface area contributed by atoms with Gasteiger partial charge in [-0.15, -0.1) is 11.3 Å². The van der Waals surface area contributed by atoms with Gasteiger partial charge in [-0.2, -0.15) is 0 Å². The number of para-hydroxylation sites is 1. The Hall–Kier alpha value is -4.15. The van der Waals surface area contributed by atoms with Gasteiger partial charge in [-0.05, 0) is 93.6 Å². The number of anilines is 2. The van der Waals surface area contributed by atoms with E-state index < -0.39 is 28.4 Å². The molecule has 0 bridgehead atoms. The van der Waals surface area contributed by atoms with E-state index in [4.69, 9.17) is 9.47 Å². The minimum Gasteiger partial charge on any atom is -0.462 e. The second-order valence-corrected chi connectivity index (χ2v) is 12.9. The van der Waals surface area contributed by atoms with E-state index in [1.54, 1.807) is 43.3 Å². The first kappa shape index (κ1) is 29.3. The van der Waals surface area contributed by atoms with Crippen molar-refractivity contribution in [2.45, 2.75) is 44.4 Å². The standard InChI is InChI=1S/C32H32N2O6S2/c1-3-39-32(36)30-27-11-7-8-12-28(27)41-31(30)33-29(35)21-34(42(37,38)26-19-13-22(2)14-20-26)23-15-17-25(18-16-23)40-24-9-5-4-6-10-24/h4-6,9-10,13-20H,3,7-8,11-12,21H2,1-2H3,(H,33,35). The summed E-state index contributed by atoms with van der Waals surface area (Å²) in [4.78, 5) is 27.5. The fraction of sp³-hybridized carbons (Fsp3) is 0.250. The van der Waals surface area contributed by atoms with Crippen molar-refractivity contribution < 1.29 is 27.5 Å². The molecule has 0 spiro atoms. The van der Waals surface area contributed by atoms with Crippen LogP contribution in [0.5, 0.6) is 11.5 Å². The molecule has 10 heteroatoms. The van der Waals surface area contributed by atoms with Crippen LogP contribution in [0.3, 0.4) is 0 Å². The predicted molar refractivity (Wildman–Crippen MR) is 164 cm³/mol. The van der Waals surface area contributed by atoms with Crippen molar-refractivity contribution in [1.29, 1.82) is 0 Å². The molecule has 8 nitrogen and oxygen atoms in total. The zero-order valence-corrected chi connectivity index (χ0v) is 25.1. The number of esters is 1. The van der Waals surface area contributed by atoms with Gasteiger partial charge in [-0.3, -0.25) is 9.10 Å². The Morgan fingerprint density at radius 3 is 2.26 bits per heavy atom. The predicted octanol–water partition coefficient (Wildman–Crippen LogP) is 6.74. The monoisotopic (exact) mass is 604 g/mol. The smallest absolute Gasteiger partial charge is 0.341 e. The van der Waals surface area contributed by atoms with Gasteiger partial charge in [0, 0.05) is 4.88 Å². The Bertz CT molecular complexity index is 1660. The normalized spacial score (nSPS) is 12.7. The minimum absolute atomic E-state index is 0.0595. The van der Waals surface area contributed by atoms with Gasteiger partial charge in [0.2, 0.25) is 5.91 Å². The number of ether oxygens (including phenoxy) is 2. The van der Waals surface area contributed by atoms with Crippen molar-refractivity contribution in [3.8, 4) is 11.5 Å². The van der Waals surface area contributed by atoms with Crippen LogP contribution in [0.15, 0.2) is 83.8 Å². The highest BCUT2D eigenvalue weighted by molar-refractivity contribution is 7.92. The number of nitrogens with one attached hydrogen (secondary N) is 1. The van der Waals surface area contributed by atoms with Gasteiger partial charge in [0.25, 0.3) is 10.0 Å². The number of rotatable bonds is 10. The molecule has 0 saturated heterocycles. The Balaban J connectivity index is 1.45. The Morgan fingerprint density at radius 1 is 0.905 bits per heavy atom. The van der Waals surface area contributed by atoms with Gasteiger partial charge in [0.1, 0.15) is 23.0 Å². The second-order valence-electron chi connectivity index (χ2n) is 9.92. The summed E-state index contributed by atoms with van der Waals surface area (Å²) in [5, 5.41) is 3.23. The Labute approximate surface area is 250 Å². The molecule has 0 aliphatic heterocycles. The molecule has 1 aliphatic rings. The average Bonchev–Trinajstić information content (AvgIpc) is 3.35. The van der Waals surface area contributed by atoms with Crippen LogP contribution in [0.1, 0.15) is 46.1 Å². The molecule has 1 aromatic heterocycles. The highest BCUT2D eigenvalue weighted by atomic mass is 32.2. The molecule has 0 fully saturated rings. The van der Waals surface area contributed by atoms with Gasteiger partial charge in [0.05, 0.1) is 22.8 Å². The lowest BCUT2D eigenvalue weighted by atomic mass is 9.95. The fourth-order valence-electron chi connectivity index (χ4n) is 4.83. The van der Waals surface area contributed by atoms with E-state index in [2.05, 4.69) is 5.32 Å². The molecule has 1 aliphatic carbocycles. The first-order chi connectivity index (χ1) is 20.3. The van der Waals surface area contributed by atoms with Gasteiger partial charge in [-0.25, -0.2) is 13.2 Å². The minimum atomic E-state index is -4.12. The molecule has 1 heterocycles. The largest absolute Gasteiger partial charge is 0.462 e. The van der Waals surface area contributed by atoms with E-state index in [-0.39, 0.29) is 11.5 Å². The number of sulfonamides is 1. The summed E-state index contributed by atoms with van der Waals surface area (Å²) < 4.78 is 40.0. The van der Waals surface area contributed by atoms with Crippen LogP contribution in [0.2, 0.25) is 0 Å². The lowest BCUT2D eigenvalue weighted by molar-refractivity contribution is -0.114. The number of hydrogen-bond donors (Lipinski definition) is 1. The van der Waals surface area contributed by atoms with Crippen LogP contribution >= 0.6 is 11.3 Å². The highest BCUT2D eigenvalue weighted by Crippen LogP contribution is 2.39. The van der Waals surface area contributed by atoms with Crippen molar-refractivity contribution in [1.82, 2.24) is 0 Å². The van der Waals surface area contributed by atoms with Gasteiger partial charge < -0.3 is 14.8 Å². The third-order valence-corrected chi connectivity index (χ3v) is 9.90. The molecule has 5 rings (SSSR count). The van der Waals surface area contributed by atoms with E-state index in [1.165, 1.54) is 23.5 Å². The SMILES string of the molecule is CCOC(=O)c1c(NC(=O)CN(c2ccc(Oc3ccccc3)cc2)S(=O)(=O)c2ccc(C)cc2)sc2c1CCCC2. The molecule has 1 amide bonds. The zero-order chi connectivity index (χ0) is 29.7. The maximum Gasteiger partial charge on any atom is 0.341 e. The molecule has 0 saturated carbocycles. The van der Waals surface area contributed by atoms with E-state index in [9.17, 15) is 18.0 Å². The van der Waals surface area contributed by atoms with E-state index in [0.29, 0.717) is 27.8 Å². The quantitative estimate of drug-likeness (QED) is 0.201. The number of hydrogen-bond acceptors (Lipinski definition) is 7. The molecule has 218 valence electrons. The number of carbonyl (C=O) groups excluding carboxylic acids is 2. The molecule has 4 aromatic rings. The molecular weight excluding hydrogens is 572 g/mol. The zero-order valence-electron chi connectivity index (χ0n) is 23.5. The number of thiophene rings is 1. The topological polar surface area (TPSA) is 102 Å². The van der Waals surface area contributed by atoms with Crippen LogP contribution in [0.25, 0.3) is 0 Å². The number of benzene rings is 3. The van der Waals surface area contributed by atoms with Crippen molar-refractivity contribution in [2.24, 2.45) is 0 Å². The molecule has 1 N–H and O–H groups in total. The number of nitrogens with zero attached hydrogens (tertiary/aromatic N) is 1. The van der Waals surface area contributed by atoms with Gasteiger partial charge in [-0.1, -0.05) is 35.9 Å². The van der Waals surface area contributed by atoms with Crippen LogP contribution in [-0.2, 0) is 32.4 Å². The summed E-state index contributed by atoms with van der Waals surface area (Å²) >= 11 is 1.36. The van der Waals surface area contributed by atoms with Crippen LogP contribution in [0, 0.1) is 6.92 Å². The van der Waals surface area contributed by atoms with Crippen LogP contribution in [-0.4, -0.2) is 33.4 Å². The molecule has 0 unspecified atom stereocenters. The lowest BCUT2D eigenvalue weighted by Gasteiger charge is -2.24. The summed E-state index contributed by atoms with van der Waals surface area (Å²) in [5.41, 5.74) is 2.49. The summed E-state index contributed by atoms with van der Waals surface area (Å²) in [6, 6.07) is 22.2. The average molecular weight is 605 g/mol. The highest BCUT2D eigenvalue weighted by Gasteiger charge is 2.30. The van der Waals surface area contributed by atoms with Crippen molar-refractivity contribution in [3.05, 3.63) is 100 Å². The first-order valence-electron chi connectivity index (χ1n) is 13.8. The van der Waals surface area contributed by atoms with Crippen LogP contribution < -0.4 is 14.4 Å². The number of fused-ring (bicyclic) bond motifs is 1. The van der Waals surface area contributed by atoms with Crippen LogP contribution in [0.4, 0.5) is 10.7 Å². The number of carbonyl (C=O) groups is 2. The first-order valence-corrected chi connectivity index (χ1v) is 16.1. The van der Waals surface area contributed by atoms with Gasteiger partial charge in [0.15, 0.2) is 0 Å². The summed E-state index contributed by atoms with van der Waals surface area (Å²) in [5.74, 6) is 0.111. The van der Waals surface area contributed by atoms with Gasteiger partial charge >= 0.3 is 5.97 Å². The summed E-state index contributed by atoms with van der Waals surface area (Å²) in [7, 11) is -4.12. The van der Waals surface area contributed by atoms with E-state index >= 15 is 0 Å². The Kier molecular flexibility index (Phi) is 8.94. The molecule has 42 heavy (non-hydrogen) atoms. The van der Waals surface area contributed by atoms with Crippen molar-refractivity contribution >= 4 is 43.9 Å². The second kappa shape index (κ2) is 12.8. The van der Waals surface area contributed by atoms with Crippen molar-refractivity contribution in [2.75, 3.05) is 22.8 Å². The third-order valence-electron chi connectivity index (χ3n) is 6.90. The molecule has 0 radical (unpaired) electrons.